The molecule has 5 N–H and O–H groups in total. The number of carbonyl (C=O) groups excluding carboxylic acids is 4. The minimum atomic E-state index is -1.47. The smallest absolute Gasteiger partial charge is 0.337 e. The monoisotopic (exact) mass is 1980 g/mol. The van der Waals surface area contributed by atoms with Gasteiger partial charge in [-0.2, -0.15) is 4.39 Å². The molecular weight excluding hydrogens is 1930 g/mol. The van der Waals surface area contributed by atoms with Crippen LogP contribution in [0.4, 0.5) is 4.39 Å². The Morgan fingerprint density at radius 1 is 0.323 bits per heavy atom. The summed E-state index contributed by atoms with van der Waals surface area (Å²) < 4.78 is 38.6. The maximum Gasteiger partial charge on any atom is 0.337 e. The van der Waals surface area contributed by atoms with Crippen LogP contribution in [0.3, 0.4) is 0 Å². The van der Waals surface area contributed by atoms with E-state index in [1.807, 2.05) is 0 Å². The predicted octanol–water partition coefficient (Wildman–Crippen LogP) is 24.3. The van der Waals surface area contributed by atoms with Crippen molar-refractivity contribution in [1.29, 1.82) is 0 Å². The zero-order valence-electron chi connectivity index (χ0n) is 67.5. The average molecular weight is 1980 g/mol. The van der Waals surface area contributed by atoms with Crippen LogP contribution in [-0.4, -0.2) is 72.5 Å². The number of carboxylic acid groups (broad SMARTS) is 4. The highest BCUT2D eigenvalue weighted by Crippen LogP contribution is 2.55. The largest absolute Gasteiger partial charge is 0.872 e. The van der Waals surface area contributed by atoms with Gasteiger partial charge in [0.15, 0.2) is 45.3 Å². The molecule has 664 valence electrons. The number of hydrogen-bond acceptors (Lipinski definition) is 20. The molecule has 18 rings (SSSR count). The van der Waals surface area contributed by atoms with E-state index in [4.69, 9.17) is 134 Å². The van der Waals surface area contributed by atoms with Gasteiger partial charge in [0.2, 0.25) is 16.7 Å². The van der Waals surface area contributed by atoms with E-state index in [1.54, 1.807) is 66.7 Å². The maximum atomic E-state index is 15.5. The molecule has 8 aliphatic rings. The van der Waals surface area contributed by atoms with Gasteiger partial charge in [-0.1, -0.05) is 200 Å². The van der Waals surface area contributed by atoms with Gasteiger partial charge >= 0.3 is 23.9 Å². The van der Waals surface area contributed by atoms with Gasteiger partial charge in [0, 0.05) is 150 Å². The van der Waals surface area contributed by atoms with Gasteiger partial charge in [-0.05, 0) is 135 Å². The number of halogens is 11. The van der Waals surface area contributed by atoms with Crippen molar-refractivity contribution in [2.45, 2.75) is 27.7 Å². The standard InChI is InChI=1S/C28H15Cl3O6.C26H12Cl3FO6.C22H10Cl4O6.C22H14O6/c1-12(32)14-8-19(30)25(28(35)36)26(27(14)31)24-16-7-15(13-5-3-2-4-6-13)20(33)10-22(16)37-23-11-21(34)18(29)9-17(23)24;1-9(31)12-6-15(28)20(26(34)35)21(22(12)29)18-13-7-14(27)16(32)8-17(13)36-25-19(18)10-4-2-3-5-11(10)24(33)23(25)30;1-7(27)8-2-13(25)19(22(30)31)20(21(8)26)18-9-3-11(23)14(28)5-16(9)32-17-6-15(29)12(24)4-10(17)18;1-11(23)12-2-5-15(22(26)27)18(8-12)21-16-6-3-13(24)9-19(16)28-20-10-14(25)4-7-17(20)21/h2-11,34H,1H3,(H,35,36);2-8,33H,1H3,(H,34,35);2-6,28H,1H3,(H,30,31);2-10,24H,1H3,(H,26,27)/p-3. The zero-order valence-corrected chi connectivity index (χ0v) is 75.1. The highest BCUT2D eigenvalue weighted by Gasteiger charge is 2.36. The first kappa shape index (κ1) is 93.5. The third kappa shape index (κ3) is 17.1. The predicted molar refractivity (Wildman–Crippen MR) is 499 cm³/mol. The summed E-state index contributed by atoms with van der Waals surface area (Å²) in [4.78, 5) is 147. The Morgan fingerprint density at radius 2 is 0.752 bits per heavy atom. The van der Waals surface area contributed by atoms with Crippen molar-refractivity contribution in [3.05, 3.63) is 330 Å². The molecule has 0 fully saturated rings. The van der Waals surface area contributed by atoms with Crippen LogP contribution in [-0.2, 0) is 0 Å². The molecule has 0 saturated heterocycles. The number of carboxylic acids is 4. The zero-order chi connectivity index (χ0) is 96.1. The number of ketones is 4. The minimum Gasteiger partial charge on any atom is -0.872 e. The molecule has 24 nitrogen and oxygen atoms in total. The number of fused-ring (bicyclic) bond motifs is 10. The molecule has 0 aromatic heterocycles. The summed E-state index contributed by atoms with van der Waals surface area (Å²) >= 11 is 63.2. The van der Waals surface area contributed by atoms with Gasteiger partial charge in [-0.15, -0.1) is 5.75 Å². The molecule has 133 heavy (non-hydrogen) atoms. The summed E-state index contributed by atoms with van der Waals surface area (Å²) in [6, 6.07) is 43.6. The molecule has 10 aromatic carbocycles. The van der Waals surface area contributed by atoms with Crippen molar-refractivity contribution in [2.75, 3.05) is 0 Å². The van der Waals surface area contributed by atoms with Gasteiger partial charge in [0.25, 0.3) is 0 Å². The highest BCUT2D eigenvalue weighted by molar-refractivity contribution is 6.45. The van der Waals surface area contributed by atoms with E-state index in [1.165, 1.54) is 119 Å². The van der Waals surface area contributed by atoms with Crippen LogP contribution in [0.1, 0.15) is 111 Å². The number of benzene rings is 14. The van der Waals surface area contributed by atoms with E-state index in [0.717, 1.165) is 30.3 Å². The lowest BCUT2D eigenvalue weighted by Crippen LogP contribution is -2.09. The molecule has 0 unspecified atom stereocenters. The Balaban J connectivity index is 0.000000136. The number of phenols is 1. The number of phenolic OH excluding ortho intramolecular Hbond substituents is 1. The van der Waals surface area contributed by atoms with Crippen molar-refractivity contribution < 1.29 is 101 Å². The number of aromatic carboxylic acids is 4. The van der Waals surface area contributed by atoms with E-state index in [9.17, 15) is 98.4 Å². The highest BCUT2D eigenvalue weighted by atomic mass is 35.5. The second kappa shape index (κ2) is 36.5. The molecule has 4 aliphatic carbocycles. The Kier molecular flexibility index (Phi) is 25.7. The topological polar surface area (TPSA) is 428 Å². The molecule has 4 heterocycles. The van der Waals surface area contributed by atoms with E-state index in [2.05, 4.69) is 0 Å². The van der Waals surface area contributed by atoms with E-state index in [-0.39, 0.29) is 217 Å². The summed E-state index contributed by atoms with van der Waals surface area (Å²) in [5.41, 5.74) is -0.111. The van der Waals surface area contributed by atoms with Crippen LogP contribution >= 0.6 is 116 Å². The average Bonchev–Trinajstić information content (AvgIpc) is 0.716. The molecule has 0 atom stereocenters. The minimum absolute atomic E-state index is 0.00352. The molecule has 35 heteroatoms. The van der Waals surface area contributed by atoms with Crippen molar-refractivity contribution in [3.63, 3.8) is 0 Å². The number of aromatic hydroxyl groups is 1. The number of rotatable bonds is 13. The fraction of sp³-hybridized carbons (Fsp3) is 0.0408. The fourth-order valence-corrected chi connectivity index (χ4v) is 18.1. The van der Waals surface area contributed by atoms with Crippen molar-refractivity contribution in [1.82, 2.24) is 0 Å². The van der Waals surface area contributed by atoms with E-state index < -0.39 is 86.3 Å². The van der Waals surface area contributed by atoms with Gasteiger partial charge in [-0.3, -0.25) is 38.4 Å². The first-order valence-corrected chi connectivity index (χ1v) is 42.1. The van der Waals surface area contributed by atoms with Crippen molar-refractivity contribution in [3.8, 4) is 124 Å². The molecule has 0 saturated carbocycles. The summed E-state index contributed by atoms with van der Waals surface area (Å²) in [6.45, 7) is 5.14. The molecular formula is C98H48Cl10FO24-3. The quantitative estimate of drug-likeness (QED) is 0.0406. The Bertz CT molecular complexity index is 8350. The second-order valence-corrected chi connectivity index (χ2v) is 33.6. The lowest BCUT2D eigenvalue weighted by Gasteiger charge is -2.21. The Labute approximate surface area is 794 Å². The normalized spacial score (nSPS) is 11.3. The SMILES string of the molecule is CC(=O)c1cc(Cl)c(C(=O)O)c(-c2c3cc(-c4ccccc4)c(=O)cc-3oc3cc([O-])c(Cl)cc23)c1Cl.CC(=O)c1cc(Cl)c(C(=O)O)c(-c2c3cc(Cl)c(=O)cc-3oc3c(F)c(O)c4ccccc4c23)c1Cl.CC(=O)c1cc(Cl)c(C(=O)O)c(-c2c3cc(Cl)c(=O)cc-3oc3cc([O-])c(Cl)cc23)c1Cl.CC(=O)c1ccc(C(=O)O)c(-c2c3ccc(=O)cc-3oc3cc([O-])ccc23)c1. The van der Waals surface area contributed by atoms with Crippen LogP contribution in [0.25, 0.3) is 156 Å². The van der Waals surface area contributed by atoms with Crippen molar-refractivity contribution >= 4 is 218 Å². The van der Waals surface area contributed by atoms with Gasteiger partial charge in [-0.25, -0.2) is 19.2 Å². The summed E-state index contributed by atoms with van der Waals surface area (Å²) in [5.74, 6) is -10.1. The van der Waals surface area contributed by atoms with Gasteiger partial charge < -0.3 is 58.5 Å². The van der Waals surface area contributed by atoms with Crippen LogP contribution in [0.2, 0.25) is 50.2 Å². The molecule has 0 radical (unpaired) electrons. The number of hydrogen-bond donors (Lipinski definition) is 5. The maximum absolute atomic E-state index is 15.5. The third-order valence-corrected chi connectivity index (χ3v) is 24.7. The Hall–Kier alpha value is -14.2. The van der Waals surface area contributed by atoms with E-state index in [0.29, 0.717) is 44.3 Å². The van der Waals surface area contributed by atoms with Crippen LogP contribution in [0, 0.1) is 5.82 Å². The van der Waals surface area contributed by atoms with Gasteiger partial charge in [0.1, 0.15) is 39.8 Å². The molecule has 0 spiro atoms. The number of carbonyl (C=O) groups is 8. The van der Waals surface area contributed by atoms with Crippen molar-refractivity contribution in [2.24, 2.45) is 0 Å². The van der Waals surface area contributed by atoms with Crippen LogP contribution < -0.4 is 37.0 Å². The summed E-state index contributed by atoms with van der Waals surface area (Å²) in [6.07, 6.45) is 0. The molecule has 4 aliphatic heterocycles. The van der Waals surface area contributed by atoms with E-state index >= 15 is 4.39 Å². The first-order valence-electron chi connectivity index (χ1n) is 38.3. The molecule has 0 amide bonds. The lowest BCUT2D eigenvalue weighted by molar-refractivity contribution is -0.268. The second-order valence-electron chi connectivity index (χ2n) is 29.6. The lowest BCUT2D eigenvalue weighted by atomic mass is 9.87. The summed E-state index contributed by atoms with van der Waals surface area (Å²) in [5, 5.41) is 85.9. The van der Waals surface area contributed by atoms with Gasteiger partial charge in [0.05, 0.1) is 62.4 Å². The van der Waals surface area contributed by atoms with Crippen LogP contribution in [0.5, 0.6) is 23.0 Å². The third-order valence-electron chi connectivity index (χ3n) is 21.4. The fourth-order valence-electron chi connectivity index (χ4n) is 15.5. The number of Topliss-reactive ketones (excluding diaryl/α,β-unsaturated/α-hetero) is 4. The summed E-state index contributed by atoms with van der Waals surface area (Å²) in [7, 11) is 0. The van der Waals surface area contributed by atoms with Crippen LogP contribution in [0.15, 0.2) is 225 Å². The Morgan fingerprint density at radius 3 is 1.22 bits per heavy atom. The first-order chi connectivity index (χ1) is 63.0. The molecule has 0 bridgehead atoms. The molecule has 10 aromatic rings.